The van der Waals surface area contributed by atoms with Crippen molar-refractivity contribution in [1.82, 2.24) is 0 Å². The number of carboxylic acids is 2. The van der Waals surface area contributed by atoms with Crippen LogP contribution in [-0.4, -0.2) is 11.9 Å². The first-order chi connectivity index (χ1) is 9.61. The van der Waals surface area contributed by atoms with E-state index < -0.39 is 23.1 Å². The van der Waals surface area contributed by atoms with Crippen LogP contribution in [0.15, 0.2) is 60.7 Å². The number of carbonyl (C=O) groups is 2. The van der Waals surface area contributed by atoms with Crippen molar-refractivity contribution in [2.45, 2.75) is 0 Å². The predicted octanol–water partition coefficient (Wildman–Crippen LogP) is 0.0947. The zero-order valence-corrected chi connectivity index (χ0v) is 11.6. The van der Waals surface area contributed by atoms with Gasteiger partial charge in [-0.2, -0.15) is 0 Å². The van der Waals surface area contributed by atoms with Gasteiger partial charge in [0.05, 0.1) is 11.9 Å². The molecule has 0 aliphatic carbocycles. The van der Waals surface area contributed by atoms with Crippen molar-refractivity contribution in [3.63, 3.8) is 0 Å². The van der Waals surface area contributed by atoms with Gasteiger partial charge in [-0.15, -0.1) is 0 Å². The first-order valence-electron chi connectivity index (χ1n) is 5.89. The van der Waals surface area contributed by atoms with Gasteiger partial charge < -0.3 is 19.8 Å². The van der Waals surface area contributed by atoms with Crippen molar-refractivity contribution in [2.75, 3.05) is 0 Å². The SMILES string of the molecule is O=C([O-])C(=C(C(=O)[O-])c1ccccc1)c1ccccc1.[Cu+2]. The van der Waals surface area contributed by atoms with Crippen LogP contribution in [0.3, 0.4) is 0 Å². The van der Waals surface area contributed by atoms with Crippen LogP contribution in [0.2, 0.25) is 0 Å². The topological polar surface area (TPSA) is 80.3 Å². The molecule has 0 bridgehead atoms. The van der Waals surface area contributed by atoms with Gasteiger partial charge in [-0.05, 0) is 11.1 Å². The molecule has 0 saturated carbocycles. The first-order valence-corrected chi connectivity index (χ1v) is 5.89. The number of aliphatic carboxylic acids is 2. The van der Waals surface area contributed by atoms with Gasteiger partial charge in [0.1, 0.15) is 0 Å². The van der Waals surface area contributed by atoms with Gasteiger partial charge in [0.2, 0.25) is 0 Å². The molecule has 2 aromatic carbocycles. The molecule has 0 saturated heterocycles. The Bertz CT molecular complexity index is 604. The third-order valence-corrected chi connectivity index (χ3v) is 2.78. The molecule has 0 aliphatic rings. The van der Waals surface area contributed by atoms with Crippen LogP contribution >= 0.6 is 0 Å². The summed E-state index contributed by atoms with van der Waals surface area (Å²) in [6, 6.07) is 15.9. The van der Waals surface area contributed by atoms with E-state index in [-0.39, 0.29) is 28.2 Å². The zero-order chi connectivity index (χ0) is 14.5. The number of carbonyl (C=O) groups excluding carboxylic acids is 2. The maximum absolute atomic E-state index is 11.4. The molecule has 0 unspecified atom stereocenters. The van der Waals surface area contributed by atoms with Crippen molar-refractivity contribution in [3.05, 3.63) is 71.8 Å². The Morgan fingerprint density at radius 1 is 0.619 bits per heavy atom. The molecule has 0 aromatic heterocycles. The van der Waals surface area contributed by atoms with Crippen molar-refractivity contribution >= 4 is 23.1 Å². The Morgan fingerprint density at radius 2 is 0.905 bits per heavy atom. The molecule has 21 heavy (non-hydrogen) atoms. The molecule has 1 radical (unpaired) electrons. The predicted molar refractivity (Wildman–Crippen MR) is 69.7 cm³/mol. The van der Waals surface area contributed by atoms with E-state index in [1.807, 2.05) is 0 Å². The number of hydrogen-bond donors (Lipinski definition) is 0. The van der Waals surface area contributed by atoms with E-state index in [2.05, 4.69) is 0 Å². The minimum Gasteiger partial charge on any atom is -0.545 e. The van der Waals surface area contributed by atoms with Gasteiger partial charge in [-0.3, -0.25) is 0 Å². The molecule has 0 amide bonds. The van der Waals surface area contributed by atoms with Crippen LogP contribution in [0.4, 0.5) is 0 Å². The fourth-order valence-corrected chi connectivity index (χ4v) is 1.94. The second-order valence-electron chi connectivity index (χ2n) is 4.06. The van der Waals surface area contributed by atoms with E-state index >= 15 is 0 Å². The van der Waals surface area contributed by atoms with Crippen molar-refractivity contribution in [1.29, 1.82) is 0 Å². The summed E-state index contributed by atoms with van der Waals surface area (Å²) in [4.78, 5) is 22.7. The Hall–Kier alpha value is -2.36. The summed E-state index contributed by atoms with van der Waals surface area (Å²) in [6.45, 7) is 0. The molecule has 0 fully saturated rings. The van der Waals surface area contributed by atoms with Gasteiger partial charge >= 0.3 is 17.1 Å². The van der Waals surface area contributed by atoms with Crippen LogP contribution in [0.5, 0.6) is 0 Å². The molecule has 0 aliphatic heterocycles. The van der Waals surface area contributed by atoms with E-state index in [9.17, 15) is 19.8 Å². The maximum Gasteiger partial charge on any atom is 2.00 e. The Morgan fingerprint density at radius 3 is 1.14 bits per heavy atom. The Kier molecular flexibility index (Phi) is 5.91. The minimum atomic E-state index is -1.56. The maximum atomic E-state index is 11.4. The zero-order valence-electron chi connectivity index (χ0n) is 10.7. The Balaban J connectivity index is 0.00000220. The smallest absolute Gasteiger partial charge is 0.545 e. The monoisotopic (exact) mass is 329 g/mol. The van der Waals surface area contributed by atoms with Crippen molar-refractivity contribution in [2.24, 2.45) is 0 Å². The van der Waals surface area contributed by atoms with E-state index in [0.29, 0.717) is 0 Å². The number of benzene rings is 2. The summed E-state index contributed by atoms with van der Waals surface area (Å²) < 4.78 is 0. The summed E-state index contributed by atoms with van der Waals surface area (Å²) in [5.41, 5.74) is -0.264. The molecule has 0 heterocycles. The fourth-order valence-electron chi connectivity index (χ4n) is 1.94. The standard InChI is InChI=1S/C16H12O4.Cu/c17-15(18)13(11-7-3-1-4-8-11)14(16(19)20)12-9-5-2-6-10-12;/h1-10H,(H,17,18)(H,19,20);/q;+2/p-2. The summed E-state index contributed by atoms with van der Waals surface area (Å²) >= 11 is 0. The molecule has 4 nitrogen and oxygen atoms in total. The third-order valence-electron chi connectivity index (χ3n) is 2.78. The van der Waals surface area contributed by atoms with Gasteiger partial charge in [0, 0.05) is 11.1 Å². The van der Waals surface area contributed by atoms with Crippen LogP contribution in [0.25, 0.3) is 11.1 Å². The summed E-state index contributed by atoms with van der Waals surface area (Å²) in [5.74, 6) is -3.11. The molecule has 0 spiro atoms. The largest absolute Gasteiger partial charge is 2.00 e. The molecule has 5 heteroatoms. The number of hydrogen-bond acceptors (Lipinski definition) is 4. The average molecular weight is 330 g/mol. The second-order valence-corrected chi connectivity index (χ2v) is 4.06. The molecular weight excluding hydrogens is 320 g/mol. The van der Waals surface area contributed by atoms with Crippen LogP contribution in [-0.2, 0) is 26.7 Å². The van der Waals surface area contributed by atoms with E-state index in [1.54, 1.807) is 36.4 Å². The first kappa shape index (κ1) is 16.7. The molecule has 0 N–H and O–H groups in total. The second kappa shape index (κ2) is 7.43. The normalized spacial score (nSPS) is 11.0. The number of carboxylic acid groups (broad SMARTS) is 2. The van der Waals surface area contributed by atoms with Gasteiger partial charge in [0.15, 0.2) is 0 Å². The summed E-state index contributed by atoms with van der Waals surface area (Å²) in [5, 5.41) is 22.7. The van der Waals surface area contributed by atoms with Crippen LogP contribution < -0.4 is 10.2 Å². The third kappa shape index (κ3) is 3.81. The molecular formula is C16H10CuO4. The van der Waals surface area contributed by atoms with E-state index in [1.165, 1.54) is 24.3 Å². The summed E-state index contributed by atoms with van der Waals surface area (Å²) in [6.07, 6.45) is 0. The molecule has 2 rings (SSSR count). The average Bonchev–Trinajstić information content (AvgIpc) is 2.45. The van der Waals surface area contributed by atoms with Crippen LogP contribution in [0.1, 0.15) is 11.1 Å². The molecule has 109 valence electrons. The molecule has 2 aromatic rings. The van der Waals surface area contributed by atoms with Gasteiger partial charge in [-0.1, -0.05) is 60.7 Å². The minimum absolute atomic E-state index is 0. The quantitative estimate of drug-likeness (QED) is 0.452. The van der Waals surface area contributed by atoms with Gasteiger partial charge in [-0.25, -0.2) is 0 Å². The van der Waals surface area contributed by atoms with Crippen molar-refractivity contribution < 1.29 is 36.9 Å². The van der Waals surface area contributed by atoms with Crippen LogP contribution in [0, 0.1) is 0 Å². The van der Waals surface area contributed by atoms with Crippen molar-refractivity contribution in [3.8, 4) is 0 Å². The molecule has 0 atom stereocenters. The summed E-state index contributed by atoms with van der Waals surface area (Å²) in [7, 11) is 0. The van der Waals surface area contributed by atoms with E-state index in [0.717, 1.165) is 0 Å². The number of rotatable bonds is 4. The van der Waals surface area contributed by atoms with Gasteiger partial charge in [0.25, 0.3) is 0 Å². The Labute approximate surface area is 132 Å². The van der Waals surface area contributed by atoms with E-state index in [4.69, 9.17) is 0 Å². The fraction of sp³-hybridized carbons (Fsp3) is 0.